The molecule has 68 valence electrons. The van der Waals surface area contributed by atoms with Gasteiger partial charge in [0.15, 0.2) is 0 Å². The zero-order chi connectivity index (χ0) is 8.69. The summed E-state index contributed by atoms with van der Waals surface area (Å²) in [4.78, 5) is 0. The molecule has 0 radical (unpaired) electrons. The van der Waals surface area contributed by atoms with E-state index in [0.717, 1.165) is 12.8 Å². The minimum Gasteiger partial charge on any atom is -0.396 e. The second kappa shape index (κ2) is 6.62. The molecule has 0 aliphatic rings. The van der Waals surface area contributed by atoms with Gasteiger partial charge in [-0.1, -0.05) is 20.8 Å². The summed E-state index contributed by atoms with van der Waals surface area (Å²) >= 11 is 0. The third-order valence-electron chi connectivity index (χ3n) is 1.84. The molecule has 1 unspecified atom stereocenters. The van der Waals surface area contributed by atoms with Crippen molar-refractivity contribution in [1.82, 2.24) is 0 Å². The first-order valence-electron chi connectivity index (χ1n) is 4.47. The van der Waals surface area contributed by atoms with Gasteiger partial charge in [-0.15, -0.1) is 0 Å². The molecule has 0 fully saturated rings. The highest BCUT2D eigenvalue weighted by Gasteiger charge is 2.05. The number of aliphatic hydroxyl groups is 1. The Morgan fingerprint density at radius 2 is 1.82 bits per heavy atom. The lowest BCUT2D eigenvalue weighted by Gasteiger charge is -2.16. The maximum Gasteiger partial charge on any atom is 0.0570 e. The summed E-state index contributed by atoms with van der Waals surface area (Å²) in [7, 11) is 0. The summed E-state index contributed by atoms with van der Waals surface area (Å²) < 4.78 is 5.53. The fourth-order valence-electron chi connectivity index (χ4n) is 0.877. The fraction of sp³-hybridized carbons (Fsp3) is 1.00. The van der Waals surface area contributed by atoms with E-state index in [2.05, 4.69) is 13.8 Å². The summed E-state index contributed by atoms with van der Waals surface area (Å²) in [5.74, 6) is 0.274. The van der Waals surface area contributed by atoms with Crippen molar-refractivity contribution in [3.63, 3.8) is 0 Å². The minimum atomic E-state index is 0.222. The van der Waals surface area contributed by atoms with Crippen molar-refractivity contribution in [3.8, 4) is 0 Å². The fourth-order valence-corrected chi connectivity index (χ4v) is 0.877. The van der Waals surface area contributed by atoms with Gasteiger partial charge in [-0.05, 0) is 12.8 Å². The summed E-state index contributed by atoms with van der Waals surface area (Å²) in [5, 5.41) is 8.71. The van der Waals surface area contributed by atoms with Crippen LogP contribution in [-0.2, 0) is 4.74 Å². The van der Waals surface area contributed by atoms with E-state index in [9.17, 15) is 0 Å². The molecule has 0 aromatic carbocycles. The third kappa shape index (κ3) is 5.22. The van der Waals surface area contributed by atoms with Crippen LogP contribution >= 0.6 is 0 Å². The second-order valence-corrected chi connectivity index (χ2v) is 3.06. The minimum absolute atomic E-state index is 0.222. The average molecular weight is 160 g/mol. The van der Waals surface area contributed by atoms with Gasteiger partial charge in [0, 0.05) is 12.5 Å². The van der Waals surface area contributed by atoms with E-state index in [1.807, 2.05) is 6.92 Å². The molecule has 2 heteroatoms. The first-order valence-corrected chi connectivity index (χ1v) is 4.47. The zero-order valence-corrected chi connectivity index (χ0v) is 7.84. The van der Waals surface area contributed by atoms with Crippen molar-refractivity contribution in [2.75, 3.05) is 13.2 Å². The van der Waals surface area contributed by atoms with Crippen LogP contribution in [0.15, 0.2) is 0 Å². The van der Waals surface area contributed by atoms with Gasteiger partial charge in [0.25, 0.3) is 0 Å². The van der Waals surface area contributed by atoms with Crippen molar-refractivity contribution in [1.29, 1.82) is 0 Å². The Bertz CT molecular complexity index is 79.6. The molecule has 11 heavy (non-hydrogen) atoms. The van der Waals surface area contributed by atoms with Crippen LogP contribution in [0.2, 0.25) is 0 Å². The maximum atomic E-state index is 8.71. The van der Waals surface area contributed by atoms with Gasteiger partial charge < -0.3 is 9.84 Å². The molecule has 0 saturated carbocycles. The Morgan fingerprint density at radius 3 is 2.18 bits per heavy atom. The standard InChI is InChI=1S/C9H20O2/c1-4-9(5-2)11-7-8(3)6-10/h8-10H,4-7H2,1-3H3. The maximum absolute atomic E-state index is 8.71. The van der Waals surface area contributed by atoms with E-state index in [-0.39, 0.29) is 12.5 Å². The van der Waals surface area contributed by atoms with E-state index < -0.39 is 0 Å². The number of ether oxygens (including phenoxy) is 1. The quantitative estimate of drug-likeness (QED) is 0.642. The van der Waals surface area contributed by atoms with Gasteiger partial charge >= 0.3 is 0 Å². The third-order valence-corrected chi connectivity index (χ3v) is 1.84. The summed E-state index contributed by atoms with van der Waals surface area (Å²) in [6.07, 6.45) is 2.51. The molecule has 1 N–H and O–H groups in total. The van der Waals surface area contributed by atoms with Crippen molar-refractivity contribution in [3.05, 3.63) is 0 Å². The van der Waals surface area contributed by atoms with Crippen LogP contribution in [0, 0.1) is 5.92 Å². The predicted octanol–water partition coefficient (Wildman–Crippen LogP) is 1.82. The van der Waals surface area contributed by atoms with Crippen molar-refractivity contribution >= 4 is 0 Å². The molecular weight excluding hydrogens is 140 g/mol. The lowest BCUT2D eigenvalue weighted by molar-refractivity contribution is 0.0161. The topological polar surface area (TPSA) is 29.5 Å². The molecule has 0 spiro atoms. The smallest absolute Gasteiger partial charge is 0.0570 e. The Kier molecular flexibility index (Phi) is 6.57. The van der Waals surface area contributed by atoms with Crippen molar-refractivity contribution in [2.24, 2.45) is 5.92 Å². The van der Waals surface area contributed by atoms with Gasteiger partial charge in [-0.25, -0.2) is 0 Å². The Hall–Kier alpha value is -0.0800. The molecule has 0 saturated heterocycles. The summed E-state index contributed by atoms with van der Waals surface area (Å²) in [6.45, 7) is 7.14. The van der Waals surface area contributed by atoms with Crippen molar-refractivity contribution < 1.29 is 9.84 Å². The van der Waals surface area contributed by atoms with Crippen LogP contribution < -0.4 is 0 Å². The SMILES string of the molecule is CCC(CC)OCC(C)CO. The van der Waals surface area contributed by atoms with Gasteiger partial charge in [0.2, 0.25) is 0 Å². The lowest BCUT2D eigenvalue weighted by atomic mass is 10.2. The average Bonchev–Trinajstić information content (AvgIpc) is 2.06. The van der Waals surface area contributed by atoms with Gasteiger partial charge in [0.1, 0.15) is 0 Å². The summed E-state index contributed by atoms with van der Waals surface area (Å²) in [5.41, 5.74) is 0. The Balaban J connectivity index is 3.34. The molecule has 0 amide bonds. The van der Waals surface area contributed by atoms with Crippen LogP contribution in [0.4, 0.5) is 0 Å². The molecule has 0 aliphatic carbocycles. The number of aliphatic hydroxyl groups excluding tert-OH is 1. The molecule has 0 aliphatic heterocycles. The first-order chi connectivity index (χ1) is 5.24. The van der Waals surface area contributed by atoms with Gasteiger partial charge in [-0.3, -0.25) is 0 Å². The molecule has 0 aromatic heterocycles. The highest BCUT2D eigenvalue weighted by atomic mass is 16.5. The zero-order valence-electron chi connectivity index (χ0n) is 7.84. The summed E-state index contributed by atoms with van der Waals surface area (Å²) in [6, 6.07) is 0. The van der Waals surface area contributed by atoms with Crippen LogP contribution in [-0.4, -0.2) is 24.4 Å². The Labute approximate surface area is 69.6 Å². The molecule has 1 atom stereocenters. The molecule has 0 bridgehead atoms. The van der Waals surface area contributed by atoms with E-state index >= 15 is 0 Å². The molecule has 0 aromatic rings. The van der Waals surface area contributed by atoms with Crippen LogP contribution in [0.3, 0.4) is 0 Å². The van der Waals surface area contributed by atoms with Gasteiger partial charge in [-0.2, -0.15) is 0 Å². The van der Waals surface area contributed by atoms with Gasteiger partial charge in [0.05, 0.1) is 12.7 Å². The lowest BCUT2D eigenvalue weighted by Crippen LogP contribution is -2.17. The molecule has 0 heterocycles. The molecular formula is C9H20O2. The van der Waals surface area contributed by atoms with Crippen LogP contribution in [0.5, 0.6) is 0 Å². The predicted molar refractivity (Wildman–Crippen MR) is 46.6 cm³/mol. The van der Waals surface area contributed by atoms with E-state index in [4.69, 9.17) is 9.84 Å². The van der Waals surface area contributed by atoms with Crippen LogP contribution in [0.25, 0.3) is 0 Å². The number of hydrogen-bond donors (Lipinski definition) is 1. The van der Waals surface area contributed by atoms with E-state index in [0.29, 0.717) is 12.7 Å². The highest BCUT2D eigenvalue weighted by molar-refractivity contribution is 4.53. The van der Waals surface area contributed by atoms with Crippen LogP contribution in [0.1, 0.15) is 33.6 Å². The molecule has 0 rings (SSSR count). The van der Waals surface area contributed by atoms with E-state index in [1.165, 1.54) is 0 Å². The normalized spacial score (nSPS) is 13.9. The number of hydrogen-bond acceptors (Lipinski definition) is 2. The monoisotopic (exact) mass is 160 g/mol. The van der Waals surface area contributed by atoms with E-state index in [1.54, 1.807) is 0 Å². The largest absolute Gasteiger partial charge is 0.396 e. The molecule has 2 nitrogen and oxygen atoms in total. The van der Waals surface area contributed by atoms with Crippen molar-refractivity contribution in [2.45, 2.75) is 39.7 Å². The number of rotatable bonds is 6. The first kappa shape index (κ1) is 10.9. The highest BCUT2D eigenvalue weighted by Crippen LogP contribution is 2.05. The Morgan fingerprint density at radius 1 is 1.27 bits per heavy atom. The second-order valence-electron chi connectivity index (χ2n) is 3.06.